The Bertz CT molecular complexity index is 1280. The van der Waals surface area contributed by atoms with Crippen LogP contribution in [0.15, 0.2) is 66.9 Å². The van der Waals surface area contributed by atoms with Gasteiger partial charge in [-0.1, -0.05) is 42.8 Å². The molecule has 0 saturated heterocycles. The molecule has 176 valence electrons. The Morgan fingerprint density at radius 1 is 1.06 bits per heavy atom. The van der Waals surface area contributed by atoms with E-state index in [1.54, 1.807) is 0 Å². The van der Waals surface area contributed by atoms with Gasteiger partial charge in [0.15, 0.2) is 0 Å². The van der Waals surface area contributed by atoms with Crippen LogP contribution in [-0.4, -0.2) is 27.9 Å². The van der Waals surface area contributed by atoms with Crippen molar-refractivity contribution in [3.63, 3.8) is 0 Å². The number of nitrogens with zero attached hydrogens (tertiary/aromatic N) is 2. The number of carbonyl (C=O) groups excluding carboxylic acids is 1. The summed E-state index contributed by atoms with van der Waals surface area (Å²) in [5.41, 5.74) is 5.81. The van der Waals surface area contributed by atoms with E-state index in [2.05, 4.69) is 35.0 Å². The molecule has 5 nitrogen and oxygen atoms in total. The van der Waals surface area contributed by atoms with Gasteiger partial charge in [0.1, 0.15) is 11.4 Å². The van der Waals surface area contributed by atoms with E-state index in [-0.39, 0.29) is 11.9 Å². The molecule has 6 heteroatoms. The van der Waals surface area contributed by atoms with Gasteiger partial charge < -0.3 is 14.5 Å². The smallest absolute Gasteiger partial charge is 0.220 e. The average molecular weight is 476 g/mol. The number of imidazole rings is 1. The maximum Gasteiger partial charge on any atom is 0.220 e. The van der Waals surface area contributed by atoms with Crippen molar-refractivity contribution in [2.45, 2.75) is 46.1 Å². The van der Waals surface area contributed by atoms with Crippen molar-refractivity contribution in [3.8, 4) is 28.1 Å². The Morgan fingerprint density at radius 2 is 1.82 bits per heavy atom. The minimum Gasteiger partial charge on any atom is -0.494 e. The quantitative estimate of drug-likeness (QED) is 0.298. The molecule has 0 aliphatic carbocycles. The first-order chi connectivity index (χ1) is 16.5. The fourth-order valence-electron chi connectivity index (χ4n) is 3.95. The van der Waals surface area contributed by atoms with E-state index >= 15 is 0 Å². The third-order valence-electron chi connectivity index (χ3n) is 5.92. The lowest BCUT2D eigenvalue weighted by atomic mass is 10.1. The van der Waals surface area contributed by atoms with Crippen LogP contribution in [0.25, 0.3) is 28.0 Å². The Balaban J connectivity index is 1.75. The summed E-state index contributed by atoms with van der Waals surface area (Å²) < 4.78 is 7.78. The molecule has 0 bridgehead atoms. The number of pyridine rings is 1. The molecule has 4 rings (SSSR count). The van der Waals surface area contributed by atoms with E-state index in [0.717, 1.165) is 45.9 Å². The van der Waals surface area contributed by atoms with Crippen molar-refractivity contribution in [1.82, 2.24) is 14.7 Å². The molecule has 0 radical (unpaired) electrons. The SMILES string of the molecule is CCOc1cccc(-c2ccc3nc(-c4ccc(Cl)cc4)c(CCC(=O)N[C@@H](C)CC)n3c2)c1. The Hall–Kier alpha value is -3.31. The number of aryl methyl sites for hydroxylation is 1. The van der Waals surface area contributed by atoms with Crippen LogP contribution in [0.1, 0.15) is 39.3 Å². The van der Waals surface area contributed by atoms with Crippen LogP contribution in [0.3, 0.4) is 0 Å². The molecule has 1 amide bonds. The highest BCUT2D eigenvalue weighted by Crippen LogP contribution is 2.30. The first-order valence-electron chi connectivity index (χ1n) is 11.8. The molecule has 0 aliphatic rings. The number of hydrogen-bond donors (Lipinski definition) is 1. The van der Waals surface area contributed by atoms with Crippen LogP contribution in [0.5, 0.6) is 5.75 Å². The zero-order valence-electron chi connectivity index (χ0n) is 19.8. The minimum absolute atomic E-state index is 0.0481. The minimum atomic E-state index is 0.0481. The van der Waals surface area contributed by atoms with Crippen LogP contribution in [-0.2, 0) is 11.2 Å². The predicted molar refractivity (Wildman–Crippen MR) is 138 cm³/mol. The second kappa shape index (κ2) is 10.7. The Kier molecular flexibility index (Phi) is 7.53. The summed E-state index contributed by atoms with van der Waals surface area (Å²) in [6, 6.07) is 20.0. The summed E-state index contributed by atoms with van der Waals surface area (Å²) in [5, 5.41) is 3.74. The number of nitrogens with one attached hydrogen (secondary N) is 1. The fraction of sp³-hybridized carbons (Fsp3) is 0.286. The van der Waals surface area contributed by atoms with Gasteiger partial charge in [-0.25, -0.2) is 4.98 Å². The van der Waals surface area contributed by atoms with Gasteiger partial charge in [0, 0.05) is 29.2 Å². The summed E-state index contributed by atoms with van der Waals surface area (Å²) in [6.07, 6.45) is 3.96. The van der Waals surface area contributed by atoms with Gasteiger partial charge in [-0.2, -0.15) is 0 Å². The largest absolute Gasteiger partial charge is 0.494 e. The van der Waals surface area contributed by atoms with Gasteiger partial charge in [-0.05, 0) is 74.2 Å². The van der Waals surface area contributed by atoms with Crippen molar-refractivity contribution < 1.29 is 9.53 Å². The van der Waals surface area contributed by atoms with Crippen molar-refractivity contribution in [2.24, 2.45) is 0 Å². The molecule has 2 aromatic heterocycles. The van der Waals surface area contributed by atoms with Crippen LogP contribution < -0.4 is 10.1 Å². The summed E-state index contributed by atoms with van der Waals surface area (Å²) >= 11 is 6.12. The maximum absolute atomic E-state index is 12.6. The lowest BCUT2D eigenvalue weighted by Gasteiger charge is -2.12. The van der Waals surface area contributed by atoms with Gasteiger partial charge in [-0.15, -0.1) is 0 Å². The highest BCUT2D eigenvalue weighted by molar-refractivity contribution is 6.30. The molecule has 1 atom stereocenters. The maximum atomic E-state index is 12.6. The molecular formula is C28H30ClN3O2. The van der Waals surface area contributed by atoms with Gasteiger partial charge in [0.2, 0.25) is 5.91 Å². The van der Waals surface area contributed by atoms with Gasteiger partial charge >= 0.3 is 0 Å². The van der Waals surface area contributed by atoms with E-state index in [1.807, 2.05) is 62.4 Å². The molecule has 2 aromatic carbocycles. The number of benzene rings is 2. The molecule has 34 heavy (non-hydrogen) atoms. The fourth-order valence-corrected chi connectivity index (χ4v) is 4.08. The average Bonchev–Trinajstić information content (AvgIpc) is 3.21. The van der Waals surface area contributed by atoms with Gasteiger partial charge in [0.25, 0.3) is 0 Å². The third-order valence-corrected chi connectivity index (χ3v) is 6.17. The monoisotopic (exact) mass is 475 g/mol. The number of fused-ring (bicyclic) bond motifs is 1. The highest BCUT2D eigenvalue weighted by Gasteiger charge is 2.17. The second-order valence-electron chi connectivity index (χ2n) is 8.40. The number of ether oxygens (including phenoxy) is 1. The molecule has 0 spiro atoms. The molecular weight excluding hydrogens is 446 g/mol. The molecule has 0 fully saturated rings. The Morgan fingerprint density at radius 3 is 2.56 bits per heavy atom. The summed E-state index contributed by atoms with van der Waals surface area (Å²) in [4.78, 5) is 17.5. The molecule has 0 saturated carbocycles. The molecule has 4 aromatic rings. The van der Waals surface area contributed by atoms with Crippen molar-refractivity contribution in [3.05, 3.63) is 77.6 Å². The van der Waals surface area contributed by atoms with E-state index in [1.165, 1.54) is 0 Å². The first kappa shape index (κ1) is 23.8. The summed E-state index contributed by atoms with van der Waals surface area (Å²) in [5.74, 6) is 0.890. The van der Waals surface area contributed by atoms with Crippen LogP contribution in [0.4, 0.5) is 0 Å². The van der Waals surface area contributed by atoms with E-state index in [4.69, 9.17) is 21.3 Å². The number of carbonyl (C=O) groups is 1. The molecule has 1 N–H and O–H groups in total. The van der Waals surface area contributed by atoms with Crippen LogP contribution >= 0.6 is 11.6 Å². The zero-order valence-corrected chi connectivity index (χ0v) is 20.6. The topological polar surface area (TPSA) is 55.6 Å². The van der Waals surface area contributed by atoms with Crippen molar-refractivity contribution in [2.75, 3.05) is 6.61 Å². The molecule has 0 aliphatic heterocycles. The first-order valence-corrected chi connectivity index (χ1v) is 12.2. The van der Waals surface area contributed by atoms with Crippen molar-refractivity contribution >= 4 is 23.2 Å². The van der Waals surface area contributed by atoms with Crippen LogP contribution in [0, 0.1) is 0 Å². The lowest BCUT2D eigenvalue weighted by Crippen LogP contribution is -2.32. The number of rotatable bonds is 9. The second-order valence-corrected chi connectivity index (χ2v) is 8.83. The highest BCUT2D eigenvalue weighted by atomic mass is 35.5. The van der Waals surface area contributed by atoms with Crippen molar-refractivity contribution in [1.29, 1.82) is 0 Å². The van der Waals surface area contributed by atoms with Gasteiger partial charge in [-0.3, -0.25) is 4.79 Å². The predicted octanol–water partition coefficient (Wildman–Crippen LogP) is 6.57. The summed E-state index contributed by atoms with van der Waals surface area (Å²) in [6.45, 7) is 6.69. The third kappa shape index (κ3) is 5.42. The number of aromatic nitrogens is 2. The van der Waals surface area contributed by atoms with Gasteiger partial charge in [0.05, 0.1) is 18.0 Å². The normalized spacial score (nSPS) is 12.0. The molecule has 2 heterocycles. The molecule has 0 unspecified atom stereocenters. The summed E-state index contributed by atoms with van der Waals surface area (Å²) in [7, 11) is 0. The Labute approximate surface area is 205 Å². The standard InChI is InChI=1S/C28H30ClN3O2/c1-4-19(3)30-27(33)16-14-25-28(20-9-12-23(29)13-10-20)31-26-15-11-22(18-32(25)26)21-7-6-8-24(17-21)34-5-2/h6-13,15,17-19H,4-5,14,16H2,1-3H3,(H,30,33)/t19-/m0/s1. The van der Waals surface area contributed by atoms with Crippen LogP contribution in [0.2, 0.25) is 5.02 Å². The lowest BCUT2D eigenvalue weighted by molar-refractivity contribution is -0.121. The van der Waals surface area contributed by atoms with E-state index in [0.29, 0.717) is 24.5 Å². The zero-order chi connectivity index (χ0) is 24.1. The number of hydrogen-bond acceptors (Lipinski definition) is 3. The van der Waals surface area contributed by atoms with E-state index in [9.17, 15) is 4.79 Å². The number of amides is 1. The van der Waals surface area contributed by atoms with E-state index < -0.39 is 0 Å². The number of halogens is 1.